The number of hydrogen-bond acceptors (Lipinski definition) is 3. The Labute approximate surface area is 90.2 Å². The number of ketones is 1. The molecule has 0 radical (unpaired) electrons. The molecule has 1 heterocycles. The molecule has 0 aromatic heterocycles. The summed E-state index contributed by atoms with van der Waals surface area (Å²) < 4.78 is 0. The van der Waals surface area contributed by atoms with Crippen molar-refractivity contribution in [3.05, 3.63) is 0 Å². The Morgan fingerprint density at radius 3 is 3.14 bits per heavy atom. The molecule has 1 fully saturated rings. The van der Waals surface area contributed by atoms with Crippen LogP contribution in [0.3, 0.4) is 0 Å². The quantitative estimate of drug-likeness (QED) is 0.714. The predicted molar refractivity (Wildman–Crippen MR) is 61.4 cm³/mol. The SMILES string of the molecule is CC#CCCC(=O)CC1CSCCN1. The molecule has 0 aliphatic carbocycles. The van der Waals surface area contributed by atoms with E-state index in [1.807, 2.05) is 18.7 Å². The second-order valence-corrected chi connectivity index (χ2v) is 4.55. The summed E-state index contributed by atoms with van der Waals surface area (Å²) in [5.74, 6) is 8.31. The highest BCUT2D eigenvalue weighted by Crippen LogP contribution is 2.11. The van der Waals surface area contributed by atoms with Crippen molar-refractivity contribution in [3.63, 3.8) is 0 Å². The molecule has 0 aromatic rings. The normalized spacial score (nSPS) is 21.1. The molecule has 2 nitrogen and oxygen atoms in total. The summed E-state index contributed by atoms with van der Waals surface area (Å²) in [6.45, 7) is 2.85. The molecule has 0 aromatic carbocycles. The molecule has 1 unspecified atom stereocenters. The van der Waals surface area contributed by atoms with E-state index in [4.69, 9.17) is 0 Å². The second-order valence-electron chi connectivity index (χ2n) is 3.40. The van der Waals surface area contributed by atoms with Gasteiger partial charge in [0, 0.05) is 43.4 Å². The van der Waals surface area contributed by atoms with Crippen molar-refractivity contribution in [2.75, 3.05) is 18.1 Å². The Balaban J connectivity index is 2.14. The van der Waals surface area contributed by atoms with E-state index in [9.17, 15) is 4.79 Å². The van der Waals surface area contributed by atoms with E-state index in [1.54, 1.807) is 0 Å². The van der Waals surface area contributed by atoms with Crippen molar-refractivity contribution in [1.82, 2.24) is 5.32 Å². The Morgan fingerprint density at radius 2 is 2.50 bits per heavy atom. The van der Waals surface area contributed by atoms with E-state index in [0.717, 1.165) is 18.7 Å². The lowest BCUT2D eigenvalue weighted by atomic mass is 10.1. The lowest BCUT2D eigenvalue weighted by Gasteiger charge is -2.22. The Morgan fingerprint density at radius 1 is 1.64 bits per heavy atom. The molecule has 1 atom stereocenters. The summed E-state index contributed by atoms with van der Waals surface area (Å²) in [5, 5.41) is 3.36. The molecule has 14 heavy (non-hydrogen) atoms. The molecular weight excluding hydrogens is 194 g/mol. The molecule has 1 aliphatic heterocycles. The molecule has 78 valence electrons. The molecule has 3 heteroatoms. The highest BCUT2D eigenvalue weighted by molar-refractivity contribution is 7.99. The van der Waals surface area contributed by atoms with Gasteiger partial charge in [-0.15, -0.1) is 11.8 Å². The van der Waals surface area contributed by atoms with E-state index in [-0.39, 0.29) is 0 Å². The highest BCUT2D eigenvalue weighted by atomic mass is 32.2. The zero-order valence-electron chi connectivity index (χ0n) is 8.64. The summed E-state index contributed by atoms with van der Waals surface area (Å²) in [6.07, 6.45) is 2.01. The molecule has 0 bridgehead atoms. The van der Waals surface area contributed by atoms with Gasteiger partial charge in [0.15, 0.2) is 0 Å². The number of carbonyl (C=O) groups is 1. The fraction of sp³-hybridized carbons (Fsp3) is 0.727. The first-order valence-electron chi connectivity index (χ1n) is 5.05. The summed E-state index contributed by atoms with van der Waals surface area (Å²) >= 11 is 1.93. The molecule has 0 saturated carbocycles. The van der Waals surface area contributed by atoms with Crippen molar-refractivity contribution < 1.29 is 4.79 Å². The maximum Gasteiger partial charge on any atom is 0.135 e. The van der Waals surface area contributed by atoms with E-state index in [2.05, 4.69) is 17.2 Å². The molecule has 1 rings (SSSR count). The molecule has 1 N–H and O–H groups in total. The van der Waals surface area contributed by atoms with Crippen molar-refractivity contribution >= 4 is 17.5 Å². The van der Waals surface area contributed by atoms with Crippen LogP contribution in [0.2, 0.25) is 0 Å². The Bertz CT molecular complexity index is 235. The lowest BCUT2D eigenvalue weighted by molar-refractivity contribution is -0.119. The number of nitrogens with one attached hydrogen (secondary N) is 1. The van der Waals surface area contributed by atoms with Crippen molar-refractivity contribution in [2.45, 2.75) is 32.2 Å². The molecule has 1 aliphatic rings. The molecule has 0 amide bonds. The van der Waals surface area contributed by atoms with E-state index in [1.165, 1.54) is 5.75 Å². The average Bonchev–Trinajstić information content (AvgIpc) is 2.20. The van der Waals surface area contributed by atoms with Crippen LogP contribution in [0.15, 0.2) is 0 Å². The van der Waals surface area contributed by atoms with Gasteiger partial charge in [-0.25, -0.2) is 0 Å². The second kappa shape index (κ2) is 6.92. The van der Waals surface area contributed by atoms with Crippen LogP contribution in [0.5, 0.6) is 0 Å². The standard InChI is InChI=1S/C11H17NOS/c1-2-3-4-5-11(13)8-10-9-14-7-6-12-10/h10,12H,4-9H2,1H3. The molecule has 0 spiro atoms. The molecule has 1 saturated heterocycles. The average molecular weight is 211 g/mol. The maximum absolute atomic E-state index is 11.5. The zero-order chi connectivity index (χ0) is 10.2. The first-order chi connectivity index (χ1) is 6.83. The van der Waals surface area contributed by atoms with Crippen LogP contribution in [-0.4, -0.2) is 29.9 Å². The van der Waals surface area contributed by atoms with Crippen molar-refractivity contribution in [3.8, 4) is 11.8 Å². The van der Waals surface area contributed by atoms with Gasteiger partial charge in [-0.2, -0.15) is 11.8 Å². The largest absolute Gasteiger partial charge is 0.312 e. The fourth-order valence-corrected chi connectivity index (χ4v) is 2.40. The summed E-state index contributed by atoms with van der Waals surface area (Å²) in [6, 6.07) is 0.399. The van der Waals surface area contributed by atoms with Gasteiger partial charge in [-0.05, 0) is 6.92 Å². The minimum Gasteiger partial charge on any atom is -0.312 e. The summed E-state index contributed by atoms with van der Waals surface area (Å²) in [5.41, 5.74) is 0. The van der Waals surface area contributed by atoms with Gasteiger partial charge in [0.2, 0.25) is 0 Å². The van der Waals surface area contributed by atoms with Gasteiger partial charge >= 0.3 is 0 Å². The van der Waals surface area contributed by atoms with Crippen LogP contribution in [0.1, 0.15) is 26.2 Å². The van der Waals surface area contributed by atoms with Crippen LogP contribution in [0, 0.1) is 11.8 Å². The lowest BCUT2D eigenvalue weighted by Crippen LogP contribution is -2.38. The van der Waals surface area contributed by atoms with Crippen LogP contribution in [0.25, 0.3) is 0 Å². The van der Waals surface area contributed by atoms with Crippen molar-refractivity contribution in [1.29, 1.82) is 0 Å². The monoisotopic (exact) mass is 211 g/mol. The number of hydrogen-bond donors (Lipinski definition) is 1. The van der Waals surface area contributed by atoms with Crippen LogP contribution in [0.4, 0.5) is 0 Å². The minimum atomic E-state index is 0.341. The number of Topliss-reactive ketones (excluding diaryl/α,β-unsaturated/α-hetero) is 1. The maximum atomic E-state index is 11.5. The number of carbonyl (C=O) groups excluding carboxylic acids is 1. The van der Waals surface area contributed by atoms with Crippen LogP contribution >= 0.6 is 11.8 Å². The third kappa shape index (κ3) is 4.69. The zero-order valence-corrected chi connectivity index (χ0v) is 9.45. The van der Waals surface area contributed by atoms with Crippen LogP contribution in [-0.2, 0) is 4.79 Å². The van der Waals surface area contributed by atoms with E-state index < -0.39 is 0 Å². The first-order valence-corrected chi connectivity index (χ1v) is 6.21. The van der Waals surface area contributed by atoms with Gasteiger partial charge in [0.25, 0.3) is 0 Å². The van der Waals surface area contributed by atoms with Gasteiger partial charge in [-0.3, -0.25) is 4.79 Å². The third-order valence-corrected chi connectivity index (χ3v) is 3.31. The van der Waals surface area contributed by atoms with E-state index >= 15 is 0 Å². The fourth-order valence-electron chi connectivity index (χ4n) is 1.45. The van der Waals surface area contributed by atoms with Crippen LogP contribution < -0.4 is 5.32 Å². The van der Waals surface area contributed by atoms with Gasteiger partial charge in [0.05, 0.1) is 0 Å². The van der Waals surface area contributed by atoms with Gasteiger partial charge in [-0.1, -0.05) is 0 Å². The van der Waals surface area contributed by atoms with Gasteiger partial charge in [0.1, 0.15) is 5.78 Å². The predicted octanol–water partition coefficient (Wildman–Crippen LogP) is 1.45. The first kappa shape index (κ1) is 11.6. The summed E-state index contributed by atoms with van der Waals surface area (Å²) in [7, 11) is 0. The Hall–Kier alpha value is -0.460. The van der Waals surface area contributed by atoms with Gasteiger partial charge < -0.3 is 5.32 Å². The number of rotatable bonds is 4. The highest BCUT2D eigenvalue weighted by Gasteiger charge is 2.15. The smallest absolute Gasteiger partial charge is 0.135 e. The summed E-state index contributed by atoms with van der Waals surface area (Å²) in [4.78, 5) is 11.5. The third-order valence-electron chi connectivity index (χ3n) is 2.18. The Kier molecular flexibility index (Phi) is 5.74. The topological polar surface area (TPSA) is 29.1 Å². The minimum absolute atomic E-state index is 0.341. The number of thioether (sulfide) groups is 1. The molecular formula is C11H17NOS. The van der Waals surface area contributed by atoms with Crippen molar-refractivity contribution in [2.24, 2.45) is 0 Å². The van der Waals surface area contributed by atoms with E-state index in [0.29, 0.717) is 24.7 Å².